The minimum Gasteiger partial charge on any atom is -0.313 e. The van der Waals surface area contributed by atoms with Crippen molar-refractivity contribution in [3.8, 4) is 0 Å². The molecule has 0 bridgehead atoms. The van der Waals surface area contributed by atoms with Gasteiger partial charge in [0.15, 0.2) is 0 Å². The van der Waals surface area contributed by atoms with E-state index < -0.39 is 0 Å². The molecule has 110 valence electrons. The Morgan fingerprint density at radius 3 is 2.06 bits per heavy atom. The van der Waals surface area contributed by atoms with Crippen molar-refractivity contribution < 1.29 is 0 Å². The number of rotatable bonds is 10. The van der Waals surface area contributed by atoms with Crippen LogP contribution in [0.25, 0.3) is 0 Å². The number of nitrogens with zero attached hydrogens (tertiary/aromatic N) is 1. The number of hydrogen-bond acceptors (Lipinski definition) is 2. The summed E-state index contributed by atoms with van der Waals surface area (Å²) in [5.74, 6) is 0.781. The predicted molar refractivity (Wildman–Crippen MR) is 83.1 cm³/mol. The summed E-state index contributed by atoms with van der Waals surface area (Å²) in [6.07, 6.45) is 5.07. The van der Waals surface area contributed by atoms with Gasteiger partial charge in [0.1, 0.15) is 0 Å². The zero-order valence-electron chi connectivity index (χ0n) is 13.8. The van der Waals surface area contributed by atoms with Crippen molar-refractivity contribution in [2.45, 2.75) is 85.4 Å². The van der Waals surface area contributed by atoms with Gasteiger partial charge >= 0.3 is 0 Å². The van der Waals surface area contributed by atoms with E-state index >= 15 is 0 Å². The highest BCUT2D eigenvalue weighted by atomic mass is 15.2. The van der Waals surface area contributed by atoms with Crippen LogP contribution < -0.4 is 5.32 Å². The summed E-state index contributed by atoms with van der Waals surface area (Å²) in [7, 11) is 2.31. The highest BCUT2D eigenvalue weighted by molar-refractivity contribution is 4.84. The smallest absolute Gasteiger partial charge is 0.0246 e. The maximum atomic E-state index is 3.68. The van der Waals surface area contributed by atoms with Gasteiger partial charge in [0, 0.05) is 18.1 Å². The number of hydrogen-bond donors (Lipinski definition) is 1. The second-order valence-electron chi connectivity index (χ2n) is 6.07. The second-order valence-corrected chi connectivity index (χ2v) is 6.07. The molecule has 18 heavy (non-hydrogen) atoms. The molecule has 0 saturated heterocycles. The van der Waals surface area contributed by atoms with Crippen molar-refractivity contribution in [2.75, 3.05) is 13.6 Å². The SMILES string of the molecule is CCCC(NCC)C(CC)N(C)C(C)CC(C)C. The highest BCUT2D eigenvalue weighted by Crippen LogP contribution is 2.18. The summed E-state index contributed by atoms with van der Waals surface area (Å²) in [6, 6.07) is 1.98. The van der Waals surface area contributed by atoms with E-state index in [2.05, 4.69) is 58.8 Å². The molecule has 2 heteroatoms. The molecule has 0 amide bonds. The molecule has 0 aliphatic carbocycles. The lowest BCUT2D eigenvalue weighted by Gasteiger charge is -2.39. The standard InChI is InChI=1S/C16H36N2/c1-8-11-15(17-10-3)16(9-2)18(7)14(6)12-13(4)5/h13-17H,8-12H2,1-7H3. The first-order valence-electron chi connectivity index (χ1n) is 7.93. The van der Waals surface area contributed by atoms with Gasteiger partial charge in [0.2, 0.25) is 0 Å². The summed E-state index contributed by atoms with van der Waals surface area (Å²) in [5.41, 5.74) is 0. The van der Waals surface area contributed by atoms with Crippen LogP contribution in [0.2, 0.25) is 0 Å². The minimum absolute atomic E-state index is 0.643. The Labute approximate surface area is 116 Å². The molecule has 3 unspecified atom stereocenters. The van der Waals surface area contributed by atoms with Crippen LogP contribution >= 0.6 is 0 Å². The summed E-state index contributed by atoms with van der Waals surface area (Å²) >= 11 is 0. The van der Waals surface area contributed by atoms with E-state index in [4.69, 9.17) is 0 Å². The van der Waals surface area contributed by atoms with E-state index in [1.807, 2.05) is 0 Å². The van der Waals surface area contributed by atoms with Crippen LogP contribution in [0.3, 0.4) is 0 Å². The van der Waals surface area contributed by atoms with Crippen LogP contribution in [-0.4, -0.2) is 36.6 Å². The maximum absolute atomic E-state index is 3.68. The van der Waals surface area contributed by atoms with Crippen LogP contribution in [-0.2, 0) is 0 Å². The molecule has 0 saturated carbocycles. The van der Waals surface area contributed by atoms with Crippen LogP contribution in [0.5, 0.6) is 0 Å². The summed E-state index contributed by atoms with van der Waals surface area (Å²) in [4.78, 5) is 2.60. The van der Waals surface area contributed by atoms with Gasteiger partial charge in [-0.1, -0.05) is 41.0 Å². The Morgan fingerprint density at radius 1 is 1.06 bits per heavy atom. The summed E-state index contributed by atoms with van der Waals surface area (Å²) in [6.45, 7) is 14.9. The van der Waals surface area contributed by atoms with E-state index in [0.717, 1.165) is 12.5 Å². The molecule has 3 atom stereocenters. The van der Waals surface area contributed by atoms with Crippen LogP contribution in [0.1, 0.15) is 67.2 Å². The third-order valence-corrected chi connectivity index (χ3v) is 3.98. The van der Waals surface area contributed by atoms with Crippen molar-refractivity contribution in [1.29, 1.82) is 0 Å². The minimum atomic E-state index is 0.643. The summed E-state index contributed by atoms with van der Waals surface area (Å²) in [5, 5.41) is 3.68. The Balaban J connectivity index is 4.58. The monoisotopic (exact) mass is 256 g/mol. The molecule has 0 aliphatic rings. The quantitative estimate of drug-likeness (QED) is 0.637. The van der Waals surface area contributed by atoms with E-state index in [9.17, 15) is 0 Å². The van der Waals surface area contributed by atoms with Crippen LogP contribution in [0.15, 0.2) is 0 Å². The van der Waals surface area contributed by atoms with E-state index in [1.165, 1.54) is 25.7 Å². The lowest BCUT2D eigenvalue weighted by Crippen LogP contribution is -2.51. The molecular weight excluding hydrogens is 220 g/mol. The molecule has 0 radical (unpaired) electrons. The maximum Gasteiger partial charge on any atom is 0.0246 e. The third-order valence-electron chi connectivity index (χ3n) is 3.98. The highest BCUT2D eigenvalue weighted by Gasteiger charge is 2.25. The van der Waals surface area contributed by atoms with Crippen molar-refractivity contribution in [2.24, 2.45) is 5.92 Å². The first-order chi connectivity index (χ1) is 8.47. The van der Waals surface area contributed by atoms with Crippen molar-refractivity contribution in [1.82, 2.24) is 10.2 Å². The van der Waals surface area contributed by atoms with Gasteiger partial charge < -0.3 is 5.32 Å². The topological polar surface area (TPSA) is 15.3 Å². The average Bonchev–Trinajstić information content (AvgIpc) is 2.29. The second kappa shape index (κ2) is 9.80. The van der Waals surface area contributed by atoms with Crippen molar-refractivity contribution >= 4 is 0 Å². The average molecular weight is 256 g/mol. The van der Waals surface area contributed by atoms with Crippen molar-refractivity contribution in [3.63, 3.8) is 0 Å². The molecule has 2 nitrogen and oxygen atoms in total. The van der Waals surface area contributed by atoms with E-state index in [-0.39, 0.29) is 0 Å². The molecule has 0 aromatic carbocycles. The fourth-order valence-corrected chi connectivity index (χ4v) is 3.04. The predicted octanol–water partition coefficient (Wildman–Crippen LogP) is 3.91. The largest absolute Gasteiger partial charge is 0.313 e. The Kier molecular flexibility index (Phi) is 9.76. The fourth-order valence-electron chi connectivity index (χ4n) is 3.04. The zero-order chi connectivity index (χ0) is 14.1. The Bertz CT molecular complexity index is 186. The first kappa shape index (κ1) is 17.9. The summed E-state index contributed by atoms with van der Waals surface area (Å²) < 4.78 is 0. The van der Waals surface area contributed by atoms with Gasteiger partial charge in [-0.3, -0.25) is 4.90 Å². The van der Waals surface area contributed by atoms with Crippen LogP contribution in [0.4, 0.5) is 0 Å². The Morgan fingerprint density at radius 2 is 1.67 bits per heavy atom. The van der Waals surface area contributed by atoms with Gasteiger partial charge in [-0.05, 0) is 45.7 Å². The number of likely N-dealkylation sites (N-methyl/N-ethyl adjacent to an activating group) is 2. The fraction of sp³-hybridized carbons (Fsp3) is 1.00. The molecule has 0 heterocycles. The first-order valence-corrected chi connectivity index (χ1v) is 7.93. The van der Waals surface area contributed by atoms with Crippen LogP contribution in [0, 0.1) is 5.92 Å². The van der Waals surface area contributed by atoms with Gasteiger partial charge in [0.25, 0.3) is 0 Å². The van der Waals surface area contributed by atoms with Gasteiger partial charge in [-0.15, -0.1) is 0 Å². The molecule has 0 aromatic heterocycles. The van der Waals surface area contributed by atoms with Gasteiger partial charge in [-0.2, -0.15) is 0 Å². The normalized spacial score (nSPS) is 17.2. The van der Waals surface area contributed by atoms with Gasteiger partial charge in [0.05, 0.1) is 0 Å². The molecular formula is C16H36N2. The lowest BCUT2D eigenvalue weighted by atomic mass is 9.96. The molecule has 1 N–H and O–H groups in total. The molecule has 0 fully saturated rings. The third kappa shape index (κ3) is 6.19. The molecule has 0 spiro atoms. The number of nitrogens with one attached hydrogen (secondary N) is 1. The molecule has 0 aliphatic heterocycles. The van der Waals surface area contributed by atoms with Gasteiger partial charge in [-0.25, -0.2) is 0 Å². The van der Waals surface area contributed by atoms with E-state index in [1.54, 1.807) is 0 Å². The lowest BCUT2D eigenvalue weighted by molar-refractivity contribution is 0.124. The zero-order valence-corrected chi connectivity index (χ0v) is 13.8. The Hall–Kier alpha value is -0.0800. The molecule has 0 rings (SSSR count). The van der Waals surface area contributed by atoms with E-state index in [0.29, 0.717) is 18.1 Å². The molecule has 0 aromatic rings. The van der Waals surface area contributed by atoms with Crippen molar-refractivity contribution in [3.05, 3.63) is 0 Å².